The molecule has 31 heavy (non-hydrogen) atoms. The van der Waals surface area contributed by atoms with E-state index in [0.29, 0.717) is 18.7 Å². The number of carbonyl (C=O) groups is 1. The molecule has 4 aromatic rings. The Kier molecular flexibility index (Phi) is 5.98. The Hall–Kier alpha value is -4.07. The minimum atomic E-state index is -0.455. The van der Waals surface area contributed by atoms with Crippen molar-refractivity contribution in [2.75, 3.05) is 6.54 Å². The van der Waals surface area contributed by atoms with Crippen LogP contribution >= 0.6 is 0 Å². The summed E-state index contributed by atoms with van der Waals surface area (Å²) in [5.41, 5.74) is 3.51. The largest absolute Gasteiger partial charge is 0.347 e. The van der Waals surface area contributed by atoms with Crippen LogP contribution < -0.4 is 10.9 Å². The van der Waals surface area contributed by atoms with Gasteiger partial charge in [-0.1, -0.05) is 65.3 Å². The summed E-state index contributed by atoms with van der Waals surface area (Å²) in [6, 6.07) is 20.8. The number of hydrogen-bond acceptors (Lipinski definition) is 6. The Labute approximate surface area is 178 Å². The number of benzene rings is 2. The molecule has 2 aromatic heterocycles. The molecule has 4 rings (SSSR count). The highest BCUT2D eigenvalue weighted by Gasteiger charge is 2.16. The standard InChI is InChI=1S/C23H21N5O3/c1-16-7-9-18(10-8-16)19-11-12-21(29)28(26-19)15-20-25-23(31-27-20)22(30)24-14-13-17-5-3-2-4-6-17/h2-12H,13-15H2,1H3,(H,24,30). The Balaban J connectivity index is 1.41. The number of carbonyl (C=O) groups excluding carboxylic acids is 1. The molecule has 0 aliphatic heterocycles. The molecule has 0 bridgehead atoms. The van der Waals surface area contributed by atoms with Crippen molar-refractivity contribution in [3.63, 3.8) is 0 Å². The van der Waals surface area contributed by atoms with Crippen molar-refractivity contribution in [1.29, 1.82) is 0 Å². The van der Waals surface area contributed by atoms with Gasteiger partial charge in [0.25, 0.3) is 5.56 Å². The molecule has 1 amide bonds. The monoisotopic (exact) mass is 415 g/mol. The normalized spacial score (nSPS) is 10.7. The quantitative estimate of drug-likeness (QED) is 0.498. The maximum Gasteiger partial charge on any atom is 0.316 e. The van der Waals surface area contributed by atoms with Crippen LogP contribution in [-0.2, 0) is 13.0 Å². The van der Waals surface area contributed by atoms with Crippen LogP contribution in [0.4, 0.5) is 0 Å². The van der Waals surface area contributed by atoms with Crippen LogP contribution in [0.25, 0.3) is 11.3 Å². The minimum absolute atomic E-state index is 0.000665. The lowest BCUT2D eigenvalue weighted by Crippen LogP contribution is -2.26. The van der Waals surface area contributed by atoms with Crippen molar-refractivity contribution in [1.82, 2.24) is 25.2 Å². The molecule has 8 nitrogen and oxygen atoms in total. The first-order valence-corrected chi connectivity index (χ1v) is 9.88. The summed E-state index contributed by atoms with van der Waals surface area (Å²) in [7, 11) is 0. The van der Waals surface area contributed by atoms with Gasteiger partial charge in [-0.3, -0.25) is 9.59 Å². The Morgan fingerprint density at radius 3 is 2.58 bits per heavy atom. The number of amides is 1. The first kappa shape index (κ1) is 20.2. The highest BCUT2D eigenvalue weighted by molar-refractivity contribution is 5.89. The van der Waals surface area contributed by atoms with E-state index in [1.54, 1.807) is 6.07 Å². The van der Waals surface area contributed by atoms with Gasteiger partial charge in [0, 0.05) is 18.2 Å². The zero-order valence-electron chi connectivity index (χ0n) is 17.0. The third-order valence-corrected chi connectivity index (χ3v) is 4.71. The predicted octanol–water partition coefficient (Wildman–Crippen LogP) is 2.62. The smallest absolute Gasteiger partial charge is 0.316 e. The van der Waals surface area contributed by atoms with Crippen LogP contribution in [0.3, 0.4) is 0 Å². The van der Waals surface area contributed by atoms with Gasteiger partial charge in [-0.25, -0.2) is 4.68 Å². The number of aromatic nitrogens is 4. The van der Waals surface area contributed by atoms with Crippen LogP contribution in [0.15, 0.2) is 76.0 Å². The van der Waals surface area contributed by atoms with Gasteiger partial charge in [0.2, 0.25) is 0 Å². The van der Waals surface area contributed by atoms with E-state index in [2.05, 4.69) is 20.6 Å². The fourth-order valence-corrected chi connectivity index (χ4v) is 3.03. The highest BCUT2D eigenvalue weighted by Crippen LogP contribution is 2.16. The van der Waals surface area contributed by atoms with Gasteiger partial charge in [-0.2, -0.15) is 10.1 Å². The van der Waals surface area contributed by atoms with Crippen molar-refractivity contribution in [3.8, 4) is 11.3 Å². The SMILES string of the molecule is Cc1ccc(-c2ccc(=O)n(Cc3noc(C(=O)NCCc4ccccc4)n3)n2)cc1. The number of nitrogens with one attached hydrogen (secondary N) is 1. The van der Waals surface area contributed by atoms with Crippen molar-refractivity contribution in [3.05, 3.63) is 99.9 Å². The molecular formula is C23H21N5O3. The van der Waals surface area contributed by atoms with E-state index in [-0.39, 0.29) is 23.8 Å². The summed E-state index contributed by atoms with van der Waals surface area (Å²) >= 11 is 0. The minimum Gasteiger partial charge on any atom is -0.347 e. The molecule has 0 unspecified atom stereocenters. The lowest BCUT2D eigenvalue weighted by atomic mass is 10.1. The summed E-state index contributed by atoms with van der Waals surface area (Å²) in [6.07, 6.45) is 0.693. The van der Waals surface area contributed by atoms with Crippen molar-refractivity contribution >= 4 is 5.91 Å². The van der Waals surface area contributed by atoms with Crippen LogP contribution in [0.2, 0.25) is 0 Å². The first-order chi connectivity index (χ1) is 15.1. The second kappa shape index (κ2) is 9.17. The van der Waals surface area contributed by atoms with E-state index >= 15 is 0 Å². The maximum atomic E-state index is 12.2. The van der Waals surface area contributed by atoms with Crippen LogP contribution in [0.1, 0.15) is 27.6 Å². The number of nitrogens with zero attached hydrogens (tertiary/aromatic N) is 4. The molecule has 8 heteroatoms. The number of hydrogen-bond donors (Lipinski definition) is 1. The lowest BCUT2D eigenvalue weighted by Gasteiger charge is -2.05. The topological polar surface area (TPSA) is 103 Å². The molecule has 2 heterocycles. The predicted molar refractivity (Wildman–Crippen MR) is 115 cm³/mol. The second-order valence-electron chi connectivity index (χ2n) is 7.09. The summed E-state index contributed by atoms with van der Waals surface area (Å²) < 4.78 is 6.30. The summed E-state index contributed by atoms with van der Waals surface area (Å²) in [5.74, 6) is -0.405. The van der Waals surface area contributed by atoms with Gasteiger partial charge in [0.1, 0.15) is 6.54 Å². The highest BCUT2D eigenvalue weighted by atomic mass is 16.5. The van der Waals surface area contributed by atoms with E-state index in [1.165, 1.54) is 10.7 Å². The fourth-order valence-electron chi connectivity index (χ4n) is 3.03. The molecule has 0 saturated heterocycles. The van der Waals surface area contributed by atoms with Gasteiger partial charge in [0.15, 0.2) is 5.82 Å². The van der Waals surface area contributed by atoms with Gasteiger partial charge < -0.3 is 9.84 Å². The van der Waals surface area contributed by atoms with Gasteiger partial charge in [0.05, 0.1) is 5.69 Å². The third kappa shape index (κ3) is 5.11. The van der Waals surface area contributed by atoms with E-state index in [4.69, 9.17) is 4.52 Å². The third-order valence-electron chi connectivity index (χ3n) is 4.71. The van der Waals surface area contributed by atoms with E-state index < -0.39 is 5.91 Å². The molecule has 0 fully saturated rings. The zero-order valence-corrected chi connectivity index (χ0v) is 17.0. The lowest BCUT2D eigenvalue weighted by molar-refractivity contribution is 0.0910. The number of rotatable bonds is 7. The van der Waals surface area contributed by atoms with Crippen LogP contribution in [0, 0.1) is 6.92 Å². The molecule has 0 aliphatic carbocycles. The molecule has 0 spiro atoms. The average molecular weight is 415 g/mol. The van der Waals surface area contributed by atoms with Gasteiger partial charge in [-0.05, 0) is 25.0 Å². The molecule has 2 aromatic carbocycles. The van der Waals surface area contributed by atoms with E-state index in [1.807, 2.05) is 61.5 Å². The summed E-state index contributed by atoms with van der Waals surface area (Å²) in [4.78, 5) is 28.6. The van der Waals surface area contributed by atoms with E-state index in [9.17, 15) is 9.59 Å². The Morgan fingerprint density at radius 1 is 1.03 bits per heavy atom. The molecule has 0 atom stereocenters. The maximum absolute atomic E-state index is 12.2. The molecule has 0 aliphatic rings. The van der Waals surface area contributed by atoms with Crippen molar-refractivity contribution < 1.29 is 9.32 Å². The molecular weight excluding hydrogens is 394 g/mol. The van der Waals surface area contributed by atoms with Gasteiger partial charge in [-0.15, -0.1) is 0 Å². The second-order valence-corrected chi connectivity index (χ2v) is 7.09. The molecule has 156 valence electrons. The molecule has 0 radical (unpaired) electrons. The Morgan fingerprint density at radius 2 is 1.81 bits per heavy atom. The summed E-state index contributed by atoms with van der Waals surface area (Å²) in [5, 5.41) is 10.9. The van der Waals surface area contributed by atoms with Crippen molar-refractivity contribution in [2.24, 2.45) is 0 Å². The zero-order chi connectivity index (χ0) is 21.6. The first-order valence-electron chi connectivity index (χ1n) is 9.88. The van der Waals surface area contributed by atoms with Gasteiger partial charge >= 0.3 is 11.8 Å². The summed E-state index contributed by atoms with van der Waals surface area (Å²) in [6.45, 7) is 2.45. The fraction of sp³-hybridized carbons (Fsp3) is 0.174. The van der Waals surface area contributed by atoms with Crippen molar-refractivity contribution in [2.45, 2.75) is 19.9 Å². The van der Waals surface area contributed by atoms with Crippen LogP contribution in [0.5, 0.6) is 0 Å². The molecule has 1 N–H and O–H groups in total. The average Bonchev–Trinajstić information content (AvgIpc) is 3.25. The Bertz CT molecular complexity index is 1230. The van der Waals surface area contributed by atoms with E-state index in [0.717, 1.165) is 16.7 Å². The molecule has 0 saturated carbocycles. The van der Waals surface area contributed by atoms with Crippen LogP contribution in [-0.4, -0.2) is 32.4 Å². The number of aryl methyl sites for hydroxylation is 1.